The van der Waals surface area contributed by atoms with Crippen molar-refractivity contribution in [3.8, 4) is 11.5 Å². The molecule has 2 aromatic rings. The van der Waals surface area contributed by atoms with Crippen molar-refractivity contribution >= 4 is 17.6 Å². The first-order valence-electron chi connectivity index (χ1n) is 8.55. The van der Waals surface area contributed by atoms with Gasteiger partial charge in [-0.25, -0.2) is 0 Å². The van der Waals surface area contributed by atoms with E-state index >= 15 is 0 Å². The Bertz CT molecular complexity index is 761. The number of carboxylic acids is 1. The summed E-state index contributed by atoms with van der Waals surface area (Å²) in [5.41, 5.74) is 1.55. The normalized spacial score (nSPS) is 11.5. The number of aliphatic carboxylic acids is 1. The molecule has 27 heavy (non-hydrogen) atoms. The van der Waals surface area contributed by atoms with Crippen LogP contribution >= 0.6 is 0 Å². The molecule has 0 fully saturated rings. The first kappa shape index (κ1) is 20.3. The van der Waals surface area contributed by atoms with Crippen LogP contribution in [0.5, 0.6) is 11.5 Å². The molecule has 0 aliphatic heterocycles. The summed E-state index contributed by atoms with van der Waals surface area (Å²) in [6.07, 6.45) is 0.456. The predicted molar refractivity (Wildman–Crippen MR) is 102 cm³/mol. The summed E-state index contributed by atoms with van der Waals surface area (Å²) >= 11 is 0. The van der Waals surface area contributed by atoms with Crippen molar-refractivity contribution in [1.82, 2.24) is 5.32 Å². The smallest absolute Gasteiger partial charge is 0.321 e. The Morgan fingerprint density at radius 1 is 1.04 bits per heavy atom. The molecule has 1 atom stereocenters. The van der Waals surface area contributed by atoms with Crippen LogP contribution < -0.4 is 20.1 Å². The number of hydrogen-bond donors (Lipinski definition) is 3. The van der Waals surface area contributed by atoms with Crippen molar-refractivity contribution in [1.29, 1.82) is 0 Å². The Kier molecular flexibility index (Phi) is 7.63. The highest BCUT2D eigenvalue weighted by Gasteiger charge is 2.21. The number of carbonyl (C=O) groups is 2. The third kappa shape index (κ3) is 6.31. The fourth-order valence-corrected chi connectivity index (χ4v) is 2.56. The van der Waals surface area contributed by atoms with Crippen LogP contribution in [0.15, 0.2) is 48.5 Å². The first-order chi connectivity index (χ1) is 13.0. The van der Waals surface area contributed by atoms with Crippen molar-refractivity contribution in [3.05, 3.63) is 54.1 Å². The number of ether oxygens (including phenoxy) is 2. The van der Waals surface area contributed by atoms with Crippen LogP contribution in [0.4, 0.5) is 5.69 Å². The molecular formula is C20H24N2O5. The van der Waals surface area contributed by atoms with E-state index in [0.717, 1.165) is 11.3 Å². The van der Waals surface area contributed by atoms with Gasteiger partial charge in [0, 0.05) is 0 Å². The number of methoxy groups -OCH3 is 2. The average Bonchev–Trinajstić information content (AvgIpc) is 2.68. The number of rotatable bonds is 10. The summed E-state index contributed by atoms with van der Waals surface area (Å²) in [6, 6.07) is 13.5. The van der Waals surface area contributed by atoms with Crippen LogP contribution in [-0.4, -0.2) is 43.8 Å². The van der Waals surface area contributed by atoms with E-state index in [4.69, 9.17) is 9.47 Å². The number of hydrogen-bond acceptors (Lipinski definition) is 5. The molecule has 1 unspecified atom stereocenters. The summed E-state index contributed by atoms with van der Waals surface area (Å²) < 4.78 is 10.3. The van der Waals surface area contributed by atoms with Crippen molar-refractivity contribution in [2.45, 2.75) is 18.9 Å². The van der Waals surface area contributed by atoms with Crippen LogP contribution in [0.1, 0.15) is 12.0 Å². The minimum absolute atomic E-state index is 0.185. The molecule has 0 aromatic heterocycles. The van der Waals surface area contributed by atoms with E-state index in [1.165, 1.54) is 7.11 Å². The number of carboxylic acid groups (broad SMARTS) is 1. The maximum atomic E-state index is 12.2. The molecule has 3 N–H and O–H groups in total. The van der Waals surface area contributed by atoms with E-state index in [-0.39, 0.29) is 6.42 Å². The summed E-state index contributed by atoms with van der Waals surface area (Å²) in [6.45, 7) is 0.436. The maximum absolute atomic E-state index is 12.2. The topological polar surface area (TPSA) is 96.9 Å². The Morgan fingerprint density at radius 2 is 1.74 bits per heavy atom. The molecule has 0 heterocycles. The van der Waals surface area contributed by atoms with Gasteiger partial charge in [0.25, 0.3) is 0 Å². The van der Waals surface area contributed by atoms with Crippen LogP contribution in [0.25, 0.3) is 0 Å². The second kappa shape index (κ2) is 10.2. The molecule has 0 aliphatic rings. The van der Waals surface area contributed by atoms with Crippen molar-refractivity contribution in [2.24, 2.45) is 0 Å². The van der Waals surface area contributed by atoms with Crippen molar-refractivity contribution in [2.75, 3.05) is 26.1 Å². The Hall–Kier alpha value is -3.06. The fourth-order valence-electron chi connectivity index (χ4n) is 2.56. The van der Waals surface area contributed by atoms with Gasteiger partial charge in [-0.2, -0.15) is 0 Å². The lowest BCUT2D eigenvalue weighted by Gasteiger charge is -2.15. The zero-order valence-corrected chi connectivity index (χ0v) is 15.4. The van der Waals surface area contributed by atoms with Gasteiger partial charge in [0.1, 0.15) is 17.5 Å². The minimum atomic E-state index is -1.07. The fraction of sp³-hybridized carbons (Fsp3) is 0.300. The highest BCUT2D eigenvalue weighted by Crippen LogP contribution is 2.23. The third-order valence-electron chi connectivity index (χ3n) is 4.03. The maximum Gasteiger partial charge on any atom is 0.321 e. The third-order valence-corrected chi connectivity index (χ3v) is 4.03. The van der Waals surface area contributed by atoms with Crippen molar-refractivity contribution in [3.63, 3.8) is 0 Å². The highest BCUT2D eigenvalue weighted by molar-refractivity contribution is 5.95. The standard InChI is InChI=1S/C20H24N2O5/c1-26-15-9-7-14(8-10-15)11-12-21-17(20(24)25)13-19(23)22-16-5-3-4-6-18(16)27-2/h3-10,17,21H,11-13H2,1-2H3,(H,22,23)(H,24,25). The van der Waals surface area contributed by atoms with E-state index in [1.54, 1.807) is 31.4 Å². The Morgan fingerprint density at radius 3 is 2.37 bits per heavy atom. The van der Waals surface area contributed by atoms with E-state index in [0.29, 0.717) is 24.4 Å². The Balaban J connectivity index is 1.86. The van der Waals surface area contributed by atoms with E-state index < -0.39 is 17.9 Å². The van der Waals surface area contributed by atoms with Gasteiger partial charge in [0.2, 0.25) is 5.91 Å². The zero-order valence-electron chi connectivity index (χ0n) is 15.4. The lowest BCUT2D eigenvalue weighted by atomic mass is 10.1. The van der Waals surface area contributed by atoms with E-state index in [2.05, 4.69) is 10.6 Å². The molecule has 7 heteroatoms. The van der Waals surface area contributed by atoms with Gasteiger partial charge in [0.05, 0.1) is 26.3 Å². The second-order valence-electron chi connectivity index (χ2n) is 5.90. The lowest BCUT2D eigenvalue weighted by Crippen LogP contribution is -2.40. The van der Waals surface area contributed by atoms with Crippen molar-refractivity contribution < 1.29 is 24.2 Å². The molecular weight excluding hydrogens is 348 g/mol. The first-order valence-corrected chi connectivity index (χ1v) is 8.55. The monoisotopic (exact) mass is 372 g/mol. The molecule has 7 nitrogen and oxygen atoms in total. The average molecular weight is 372 g/mol. The van der Waals surface area contributed by atoms with Crippen LogP contribution in [0, 0.1) is 0 Å². The molecule has 2 aromatic carbocycles. The number of nitrogens with one attached hydrogen (secondary N) is 2. The molecule has 0 saturated heterocycles. The molecule has 0 saturated carbocycles. The molecule has 0 bridgehead atoms. The molecule has 0 aliphatic carbocycles. The van der Waals surface area contributed by atoms with Gasteiger partial charge in [-0.15, -0.1) is 0 Å². The molecule has 0 radical (unpaired) electrons. The van der Waals surface area contributed by atoms with Gasteiger partial charge < -0.3 is 25.2 Å². The largest absolute Gasteiger partial charge is 0.497 e. The number of carbonyl (C=O) groups excluding carboxylic acids is 1. The summed E-state index contributed by atoms with van der Waals surface area (Å²) in [5, 5.41) is 15.0. The second-order valence-corrected chi connectivity index (χ2v) is 5.90. The Labute approximate surface area is 158 Å². The number of benzene rings is 2. The highest BCUT2D eigenvalue weighted by atomic mass is 16.5. The van der Waals surface area contributed by atoms with Gasteiger partial charge in [-0.3, -0.25) is 9.59 Å². The van der Waals surface area contributed by atoms with E-state index in [1.807, 2.05) is 24.3 Å². The summed E-state index contributed by atoms with van der Waals surface area (Å²) in [7, 11) is 3.11. The zero-order chi connectivity index (χ0) is 19.6. The van der Waals surface area contributed by atoms with Crippen LogP contribution in [0.2, 0.25) is 0 Å². The van der Waals surface area contributed by atoms with Gasteiger partial charge in [-0.1, -0.05) is 24.3 Å². The van der Waals surface area contributed by atoms with Gasteiger partial charge in [0.15, 0.2) is 0 Å². The summed E-state index contributed by atoms with van der Waals surface area (Å²) in [5.74, 6) is -0.183. The van der Waals surface area contributed by atoms with Crippen LogP contribution in [-0.2, 0) is 16.0 Å². The van der Waals surface area contributed by atoms with E-state index in [9.17, 15) is 14.7 Å². The van der Waals surface area contributed by atoms with Crippen LogP contribution in [0.3, 0.4) is 0 Å². The predicted octanol–water partition coefficient (Wildman–Crippen LogP) is 2.32. The number of para-hydroxylation sites is 2. The molecule has 144 valence electrons. The lowest BCUT2D eigenvalue weighted by molar-refractivity contribution is -0.141. The van der Waals surface area contributed by atoms with Gasteiger partial charge in [-0.05, 0) is 42.8 Å². The minimum Gasteiger partial charge on any atom is -0.497 e. The number of anilines is 1. The molecule has 0 spiro atoms. The summed E-state index contributed by atoms with van der Waals surface area (Å²) in [4.78, 5) is 23.7. The number of amides is 1. The molecule has 1 amide bonds. The van der Waals surface area contributed by atoms with Gasteiger partial charge >= 0.3 is 5.97 Å². The quantitative estimate of drug-likeness (QED) is 0.592. The molecule has 2 rings (SSSR count). The SMILES string of the molecule is COc1ccc(CCNC(CC(=O)Nc2ccccc2OC)C(=O)O)cc1.